The van der Waals surface area contributed by atoms with Crippen LogP contribution in [-0.2, 0) is 6.18 Å². The number of benzene rings is 4. The van der Waals surface area contributed by atoms with Crippen LogP contribution >= 0.6 is 15.9 Å². The first-order valence-corrected chi connectivity index (χ1v) is 14.3. The predicted octanol–water partition coefficient (Wildman–Crippen LogP) is 8.01. The first kappa shape index (κ1) is 31.3. The minimum absolute atomic E-state index is 0.00514. The van der Waals surface area contributed by atoms with Gasteiger partial charge in [-0.2, -0.15) is 18.3 Å². The van der Waals surface area contributed by atoms with Gasteiger partial charge in [0, 0.05) is 15.4 Å². The van der Waals surface area contributed by atoms with Gasteiger partial charge in [-0.05, 0) is 66.6 Å². The molecule has 0 aliphatic heterocycles. The van der Waals surface area contributed by atoms with E-state index in [9.17, 15) is 22.8 Å². The number of fused-ring (bicyclic) bond motifs is 1. The predicted molar refractivity (Wildman–Crippen MR) is 167 cm³/mol. The van der Waals surface area contributed by atoms with Gasteiger partial charge in [-0.1, -0.05) is 52.3 Å². The van der Waals surface area contributed by atoms with E-state index in [-0.39, 0.29) is 29.4 Å². The smallest absolute Gasteiger partial charge is 0.416 e. The Morgan fingerprint density at radius 2 is 1.71 bits per heavy atom. The molecule has 12 heteroatoms. The van der Waals surface area contributed by atoms with Crippen molar-refractivity contribution in [2.45, 2.75) is 13.1 Å². The van der Waals surface area contributed by atoms with Gasteiger partial charge in [0.15, 0.2) is 11.5 Å². The van der Waals surface area contributed by atoms with Crippen LogP contribution in [0.3, 0.4) is 0 Å². The summed E-state index contributed by atoms with van der Waals surface area (Å²) in [6.07, 6.45) is -3.23. The number of nitrogens with zero attached hydrogens (tertiary/aromatic N) is 1. The fourth-order valence-electron chi connectivity index (χ4n) is 4.63. The Kier molecular flexibility index (Phi) is 9.24. The Bertz CT molecular complexity index is 1910. The number of hydrogen-bond acceptors (Lipinski definition) is 6. The Balaban J connectivity index is 1.38. The number of alkyl halides is 3. The van der Waals surface area contributed by atoms with Crippen molar-refractivity contribution in [3.8, 4) is 28.4 Å². The van der Waals surface area contributed by atoms with E-state index in [0.29, 0.717) is 22.4 Å². The first-order valence-electron chi connectivity index (χ1n) is 13.5. The van der Waals surface area contributed by atoms with Crippen LogP contribution in [0.1, 0.15) is 38.9 Å². The Morgan fingerprint density at radius 3 is 2.42 bits per heavy atom. The molecule has 0 aliphatic carbocycles. The van der Waals surface area contributed by atoms with Crippen LogP contribution in [-0.4, -0.2) is 36.8 Å². The number of halogens is 4. The van der Waals surface area contributed by atoms with Crippen molar-refractivity contribution in [3.63, 3.8) is 0 Å². The molecule has 0 radical (unpaired) electrons. The molecule has 1 amide bonds. The molecule has 0 spiro atoms. The lowest BCUT2D eigenvalue weighted by Crippen LogP contribution is -2.19. The highest BCUT2D eigenvalue weighted by Gasteiger charge is 2.31. The number of hydrogen-bond donors (Lipinski definition) is 2. The molecule has 0 unspecified atom stereocenters. The number of carbonyl (C=O) groups excluding carboxylic acids is 2. The zero-order chi connectivity index (χ0) is 32.1. The molecular weight excluding hydrogens is 655 g/mol. The summed E-state index contributed by atoms with van der Waals surface area (Å²) in [5.41, 5.74) is 4.17. The van der Waals surface area contributed by atoms with E-state index in [2.05, 4.69) is 31.4 Å². The van der Waals surface area contributed by atoms with E-state index in [1.807, 2.05) is 36.4 Å². The highest BCUT2D eigenvalue weighted by molar-refractivity contribution is 9.10. The van der Waals surface area contributed by atoms with Gasteiger partial charge in [0.1, 0.15) is 11.4 Å². The summed E-state index contributed by atoms with van der Waals surface area (Å²) in [5, 5.41) is 4.87. The quantitative estimate of drug-likeness (QED) is 0.0711. The fraction of sp³-hybridized carbons (Fsp3) is 0.121. The van der Waals surface area contributed by atoms with Crippen molar-refractivity contribution in [2.75, 3.05) is 13.7 Å². The number of amides is 1. The Labute approximate surface area is 263 Å². The molecule has 0 atom stereocenters. The summed E-state index contributed by atoms with van der Waals surface area (Å²) < 4.78 is 56.5. The van der Waals surface area contributed by atoms with E-state index in [1.165, 1.54) is 24.4 Å². The molecule has 2 N–H and O–H groups in total. The van der Waals surface area contributed by atoms with Crippen molar-refractivity contribution in [3.05, 3.63) is 112 Å². The number of H-pyrrole nitrogens is 1. The van der Waals surface area contributed by atoms with Crippen molar-refractivity contribution in [2.24, 2.45) is 5.10 Å². The lowest BCUT2D eigenvalue weighted by atomic mass is 10.0. The third-order valence-electron chi connectivity index (χ3n) is 6.65. The summed E-state index contributed by atoms with van der Waals surface area (Å²) in [6.45, 7) is 1.94. The van der Waals surface area contributed by atoms with Gasteiger partial charge in [0.05, 0.1) is 36.6 Å². The molecule has 0 bridgehead atoms. The van der Waals surface area contributed by atoms with Gasteiger partial charge < -0.3 is 19.2 Å². The number of rotatable bonds is 9. The average molecular weight is 680 g/mol. The second-order valence-corrected chi connectivity index (χ2v) is 10.4. The monoisotopic (exact) mass is 679 g/mol. The number of hydrazone groups is 1. The average Bonchev–Trinajstić information content (AvgIpc) is 3.44. The molecule has 230 valence electrons. The summed E-state index contributed by atoms with van der Waals surface area (Å²) in [6, 6.07) is 21.5. The molecule has 5 aromatic rings. The normalized spacial score (nSPS) is 11.5. The van der Waals surface area contributed by atoms with Crippen LogP contribution in [0.4, 0.5) is 13.2 Å². The van der Waals surface area contributed by atoms with Gasteiger partial charge >= 0.3 is 12.1 Å². The fourth-order valence-corrected chi connectivity index (χ4v) is 5.16. The Hall–Kier alpha value is -5.10. The third kappa shape index (κ3) is 6.86. The van der Waals surface area contributed by atoms with Gasteiger partial charge in [0.2, 0.25) is 0 Å². The first-order chi connectivity index (χ1) is 21.6. The van der Waals surface area contributed by atoms with E-state index < -0.39 is 23.6 Å². The van der Waals surface area contributed by atoms with E-state index in [1.54, 1.807) is 26.2 Å². The molecule has 0 saturated heterocycles. The number of esters is 1. The SMILES string of the molecule is CCOc1cc(C=NNC(=O)c2[nH]c3c(OC)ccc(Br)c3c2-c2ccccc2)ccc1OC(=O)c1cccc(C(F)(F)F)c1. The molecule has 4 aromatic carbocycles. The molecule has 1 heterocycles. The second kappa shape index (κ2) is 13.3. The number of ether oxygens (including phenoxy) is 3. The van der Waals surface area contributed by atoms with Crippen LogP contribution in [0, 0.1) is 0 Å². The van der Waals surface area contributed by atoms with Crippen LogP contribution < -0.4 is 19.6 Å². The van der Waals surface area contributed by atoms with E-state index >= 15 is 0 Å². The van der Waals surface area contributed by atoms with Gasteiger partial charge in [0.25, 0.3) is 5.91 Å². The summed E-state index contributed by atoms with van der Waals surface area (Å²) in [5.74, 6) is -0.763. The molecule has 0 saturated carbocycles. The zero-order valence-electron chi connectivity index (χ0n) is 23.9. The van der Waals surface area contributed by atoms with Gasteiger partial charge in [-0.15, -0.1) is 0 Å². The summed E-state index contributed by atoms with van der Waals surface area (Å²) >= 11 is 3.59. The van der Waals surface area contributed by atoms with Crippen molar-refractivity contribution in [1.82, 2.24) is 10.4 Å². The van der Waals surface area contributed by atoms with Crippen molar-refractivity contribution < 1.29 is 37.0 Å². The standard InChI is InChI=1S/C33H25BrF3N3O5/c1-3-44-26-16-19(12-14-24(26)45-32(42)21-10-7-11-22(17-21)33(35,36)37)18-38-40-31(41)30-27(20-8-5-4-6-9-20)28-23(34)13-15-25(43-2)29(28)39-30/h4-18,39H,3H2,1-2H3,(H,40,41). The maximum absolute atomic E-state index is 13.4. The largest absolute Gasteiger partial charge is 0.495 e. The van der Waals surface area contributed by atoms with Crippen LogP contribution in [0.2, 0.25) is 0 Å². The molecule has 8 nitrogen and oxygen atoms in total. The lowest BCUT2D eigenvalue weighted by Gasteiger charge is -2.12. The molecule has 1 aromatic heterocycles. The highest BCUT2D eigenvalue weighted by atomic mass is 79.9. The van der Waals surface area contributed by atoms with E-state index in [4.69, 9.17) is 14.2 Å². The number of carbonyl (C=O) groups is 2. The number of nitrogens with one attached hydrogen (secondary N) is 2. The number of aromatic nitrogens is 1. The maximum Gasteiger partial charge on any atom is 0.416 e. The third-order valence-corrected chi connectivity index (χ3v) is 7.31. The minimum atomic E-state index is -4.61. The van der Waals surface area contributed by atoms with Crippen molar-refractivity contribution >= 4 is 44.9 Å². The highest BCUT2D eigenvalue weighted by Crippen LogP contribution is 2.41. The Morgan fingerprint density at radius 1 is 0.956 bits per heavy atom. The van der Waals surface area contributed by atoms with Crippen molar-refractivity contribution in [1.29, 1.82) is 0 Å². The van der Waals surface area contributed by atoms with Gasteiger partial charge in [-0.25, -0.2) is 10.2 Å². The van der Waals surface area contributed by atoms with Gasteiger partial charge in [-0.3, -0.25) is 4.79 Å². The lowest BCUT2D eigenvalue weighted by molar-refractivity contribution is -0.137. The summed E-state index contributed by atoms with van der Waals surface area (Å²) in [7, 11) is 1.55. The van der Waals surface area contributed by atoms with E-state index in [0.717, 1.165) is 33.6 Å². The summed E-state index contributed by atoms with van der Waals surface area (Å²) in [4.78, 5) is 29.2. The molecular formula is C33H25BrF3N3O5. The second-order valence-electron chi connectivity index (χ2n) is 9.55. The maximum atomic E-state index is 13.4. The number of methoxy groups -OCH3 is 1. The molecule has 5 rings (SSSR count). The minimum Gasteiger partial charge on any atom is -0.495 e. The zero-order valence-corrected chi connectivity index (χ0v) is 25.5. The topological polar surface area (TPSA) is 102 Å². The molecule has 0 aliphatic rings. The molecule has 45 heavy (non-hydrogen) atoms. The number of aromatic amines is 1. The van der Waals surface area contributed by atoms with Crippen LogP contribution in [0.15, 0.2) is 94.5 Å². The van der Waals surface area contributed by atoms with Crippen LogP contribution in [0.25, 0.3) is 22.0 Å². The molecule has 0 fully saturated rings. The van der Waals surface area contributed by atoms with Crippen LogP contribution in [0.5, 0.6) is 17.2 Å².